The molecule has 6 heteroatoms. The van der Waals surface area contributed by atoms with Gasteiger partial charge in [-0.1, -0.05) is 13.3 Å². The molecule has 0 radical (unpaired) electrons. The molecule has 1 heterocycles. The van der Waals surface area contributed by atoms with Crippen molar-refractivity contribution in [1.29, 1.82) is 0 Å². The molecule has 0 aromatic carbocycles. The Kier molecular flexibility index (Phi) is 4.42. The van der Waals surface area contributed by atoms with Crippen LogP contribution in [0.1, 0.15) is 58.3 Å². The van der Waals surface area contributed by atoms with Gasteiger partial charge in [0.25, 0.3) is 0 Å². The van der Waals surface area contributed by atoms with E-state index in [2.05, 4.69) is 15.0 Å². The first kappa shape index (κ1) is 17.1. The van der Waals surface area contributed by atoms with Crippen molar-refractivity contribution in [2.24, 2.45) is 17.8 Å². The Bertz CT molecular complexity index is 679. The quantitative estimate of drug-likeness (QED) is 0.768. The predicted octanol–water partition coefficient (Wildman–Crippen LogP) is 4.00. The number of aromatic nitrogens is 1. The largest absolute Gasteiger partial charge is 0.365 e. The van der Waals surface area contributed by atoms with E-state index in [1.807, 2.05) is 19.1 Å². The highest BCUT2D eigenvalue weighted by atomic mass is 32.2. The smallest absolute Gasteiger partial charge is 0.232 e. The Hall–Kier alpha value is -1.30. The third-order valence-electron chi connectivity index (χ3n) is 6.23. The molecule has 0 unspecified atom stereocenters. The molecule has 25 heavy (non-hydrogen) atoms. The van der Waals surface area contributed by atoms with E-state index in [0.717, 1.165) is 30.0 Å². The van der Waals surface area contributed by atoms with Gasteiger partial charge in [0.15, 0.2) is 0 Å². The SMILES string of the molecule is CCCCS(=O)(=O)Nc1ccc(NC23CC4CC(CC(C4)C2)C3)nc1. The van der Waals surface area contributed by atoms with Gasteiger partial charge in [-0.2, -0.15) is 0 Å². The molecule has 0 atom stereocenters. The Morgan fingerprint density at radius 2 is 1.76 bits per heavy atom. The van der Waals surface area contributed by atoms with Crippen LogP contribution in [0.15, 0.2) is 18.3 Å². The van der Waals surface area contributed by atoms with E-state index in [0.29, 0.717) is 12.1 Å². The average Bonchev–Trinajstić information content (AvgIpc) is 2.53. The molecule has 1 aromatic heterocycles. The van der Waals surface area contributed by atoms with Crippen LogP contribution in [-0.2, 0) is 10.0 Å². The van der Waals surface area contributed by atoms with E-state index in [1.165, 1.54) is 38.5 Å². The number of sulfonamides is 1. The normalized spacial score (nSPS) is 33.4. The monoisotopic (exact) mass is 363 g/mol. The van der Waals surface area contributed by atoms with Crippen LogP contribution >= 0.6 is 0 Å². The number of hydrogen-bond donors (Lipinski definition) is 2. The highest BCUT2D eigenvalue weighted by molar-refractivity contribution is 7.92. The predicted molar refractivity (Wildman–Crippen MR) is 101 cm³/mol. The molecule has 138 valence electrons. The van der Waals surface area contributed by atoms with Crippen molar-refractivity contribution in [2.45, 2.75) is 63.8 Å². The van der Waals surface area contributed by atoms with Crippen molar-refractivity contribution in [1.82, 2.24) is 4.98 Å². The molecule has 4 aliphatic rings. The lowest BCUT2D eigenvalue weighted by molar-refractivity contribution is 0.0105. The van der Waals surface area contributed by atoms with Gasteiger partial charge < -0.3 is 5.32 Å². The molecular formula is C19H29N3O2S. The summed E-state index contributed by atoms with van der Waals surface area (Å²) < 4.78 is 26.6. The third kappa shape index (κ3) is 3.78. The van der Waals surface area contributed by atoms with Crippen molar-refractivity contribution in [3.05, 3.63) is 18.3 Å². The van der Waals surface area contributed by atoms with Crippen molar-refractivity contribution < 1.29 is 8.42 Å². The van der Waals surface area contributed by atoms with E-state index < -0.39 is 10.0 Å². The minimum absolute atomic E-state index is 0.163. The third-order valence-corrected chi connectivity index (χ3v) is 7.61. The molecule has 0 amide bonds. The zero-order valence-electron chi connectivity index (χ0n) is 15.0. The summed E-state index contributed by atoms with van der Waals surface area (Å²) in [7, 11) is -3.26. The van der Waals surface area contributed by atoms with Gasteiger partial charge in [-0.05, 0) is 74.8 Å². The number of anilines is 2. The van der Waals surface area contributed by atoms with Gasteiger partial charge in [-0.3, -0.25) is 4.72 Å². The van der Waals surface area contributed by atoms with Gasteiger partial charge in [0.1, 0.15) is 5.82 Å². The van der Waals surface area contributed by atoms with Gasteiger partial charge in [0.2, 0.25) is 10.0 Å². The summed E-state index contributed by atoms with van der Waals surface area (Å²) in [5, 5.41) is 3.72. The molecule has 4 saturated carbocycles. The maximum Gasteiger partial charge on any atom is 0.232 e. The molecule has 2 N–H and O–H groups in total. The molecule has 0 spiro atoms. The standard InChI is InChI=1S/C19H29N3O2S/c1-2-3-6-25(23,24)22-17-4-5-18(20-13-17)21-19-10-14-7-15(11-19)9-16(8-14)12-19/h4-5,13-16,22H,2-3,6-12H2,1H3,(H,20,21). The van der Waals surface area contributed by atoms with Gasteiger partial charge in [-0.25, -0.2) is 13.4 Å². The van der Waals surface area contributed by atoms with Crippen molar-refractivity contribution in [3.8, 4) is 0 Å². The van der Waals surface area contributed by atoms with E-state index in [9.17, 15) is 8.42 Å². The minimum atomic E-state index is -3.26. The van der Waals surface area contributed by atoms with Gasteiger partial charge in [0, 0.05) is 5.54 Å². The van der Waals surface area contributed by atoms with Crippen LogP contribution in [-0.4, -0.2) is 24.7 Å². The molecule has 4 bridgehead atoms. The van der Waals surface area contributed by atoms with E-state index in [4.69, 9.17) is 0 Å². The fourth-order valence-corrected chi connectivity index (χ4v) is 6.88. The maximum atomic E-state index is 12.0. The van der Waals surface area contributed by atoms with Crippen LogP contribution in [0.5, 0.6) is 0 Å². The van der Waals surface area contributed by atoms with Crippen LogP contribution in [0.25, 0.3) is 0 Å². The minimum Gasteiger partial charge on any atom is -0.365 e. The van der Waals surface area contributed by atoms with Crippen molar-refractivity contribution >= 4 is 21.5 Å². The lowest BCUT2D eigenvalue weighted by atomic mass is 9.53. The number of unbranched alkanes of at least 4 members (excludes halogenated alkanes) is 1. The number of rotatable bonds is 7. The molecule has 5 rings (SSSR count). The maximum absolute atomic E-state index is 12.0. The fraction of sp³-hybridized carbons (Fsp3) is 0.737. The second kappa shape index (κ2) is 6.45. The zero-order valence-corrected chi connectivity index (χ0v) is 15.8. The number of nitrogens with one attached hydrogen (secondary N) is 2. The van der Waals surface area contributed by atoms with E-state index >= 15 is 0 Å². The summed E-state index contributed by atoms with van der Waals surface area (Å²) in [6, 6.07) is 3.73. The zero-order chi connectivity index (χ0) is 17.5. The molecule has 5 nitrogen and oxygen atoms in total. The van der Waals surface area contributed by atoms with E-state index in [1.54, 1.807) is 6.20 Å². The molecule has 4 aliphatic carbocycles. The first-order valence-electron chi connectivity index (χ1n) is 9.70. The van der Waals surface area contributed by atoms with Gasteiger partial charge >= 0.3 is 0 Å². The number of hydrogen-bond acceptors (Lipinski definition) is 4. The highest BCUT2D eigenvalue weighted by Crippen LogP contribution is 2.56. The summed E-state index contributed by atoms with van der Waals surface area (Å²) in [5.74, 6) is 3.71. The Balaban J connectivity index is 1.41. The van der Waals surface area contributed by atoms with Gasteiger partial charge in [0.05, 0.1) is 17.6 Å². The summed E-state index contributed by atoms with van der Waals surface area (Å²) >= 11 is 0. The fourth-order valence-electron chi connectivity index (χ4n) is 5.63. The number of pyridine rings is 1. The Morgan fingerprint density at radius 3 is 2.28 bits per heavy atom. The molecule has 0 saturated heterocycles. The Labute approximate surface area is 151 Å². The van der Waals surface area contributed by atoms with Crippen LogP contribution in [0.4, 0.5) is 11.5 Å². The van der Waals surface area contributed by atoms with Crippen LogP contribution in [0.3, 0.4) is 0 Å². The topological polar surface area (TPSA) is 71.1 Å². The van der Waals surface area contributed by atoms with Crippen LogP contribution < -0.4 is 10.0 Å². The summed E-state index contributed by atoms with van der Waals surface area (Å²) in [4.78, 5) is 4.48. The summed E-state index contributed by atoms with van der Waals surface area (Å²) in [6.07, 6.45) is 11.3. The first-order valence-corrected chi connectivity index (χ1v) is 11.4. The van der Waals surface area contributed by atoms with Crippen molar-refractivity contribution in [2.75, 3.05) is 15.8 Å². The number of nitrogens with zero attached hydrogens (tertiary/aromatic N) is 1. The summed E-state index contributed by atoms with van der Waals surface area (Å²) in [5.41, 5.74) is 0.774. The van der Waals surface area contributed by atoms with Crippen LogP contribution in [0, 0.1) is 17.8 Å². The average molecular weight is 364 g/mol. The highest BCUT2D eigenvalue weighted by Gasteiger charge is 2.51. The Morgan fingerprint density at radius 1 is 1.12 bits per heavy atom. The van der Waals surface area contributed by atoms with Gasteiger partial charge in [-0.15, -0.1) is 0 Å². The lowest BCUT2D eigenvalue weighted by Gasteiger charge is -2.57. The van der Waals surface area contributed by atoms with E-state index in [-0.39, 0.29) is 11.3 Å². The van der Waals surface area contributed by atoms with Crippen molar-refractivity contribution in [3.63, 3.8) is 0 Å². The lowest BCUT2D eigenvalue weighted by Crippen LogP contribution is -2.54. The second-order valence-electron chi connectivity index (χ2n) is 8.53. The first-order chi connectivity index (χ1) is 12.0. The van der Waals surface area contributed by atoms with Crippen LogP contribution in [0.2, 0.25) is 0 Å². The second-order valence-corrected chi connectivity index (χ2v) is 10.4. The molecular weight excluding hydrogens is 334 g/mol. The molecule has 4 fully saturated rings. The molecule has 1 aromatic rings. The summed E-state index contributed by atoms with van der Waals surface area (Å²) in [6.45, 7) is 1.99. The molecule has 0 aliphatic heterocycles.